The summed E-state index contributed by atoms with van der Waals surface area (Å²) in [6.07, 6.45) is 3.99. The van der Waals surface area contributed by atoms with Crippen molar-refractivity contribution in [2.24, 2.45) is 5.92 Å². The molecule has 1 aliphatic rings. The van der Waals surface area contributed by atoms with Gasteiger partial charge in [-0.1, -0.05) is 30.5 Å². The van der Waals surface area contributed by atoms with E-state index < -0.39 is 0 Å². The maximum atomic E-state index is 13.1. The summed E-state index contributed by atoms with van der Waals surface area (Å²) in [5.74, 6) is 0.565. The lowest BCUT2D eigenvalue weighted by atomic mass is 10.1. The molecule has 2 atom stereocenters. The molecule has 0 radical (unpaired) electrons. The second kappa shape index (κ2) is 5.36. The fraction of sp³-hybridized carbons (Fsp3) is 0.571. The van der Waals surface area contributed by atoms with Crippen molar-refractivity contribution in [3.8, 4) is 0 Å². The molecule has 0 aliphatic heterocycles. The van der Waals surface area contributed by atoms with E-state index in [-0.39, 0.29) is 16.9 Å². The Labute approximate surface area is 107 Å². The smallest absolute Gasteiger partial charge is 0.141 e. The molecule has 17 heavy (non-hydrogen) atoms. The molecule has 0 aromatic heterocycles. The maximum absolute atomic E-state index is 13.1. The largest absolute Gasteiger partial charge is 0.308 e. The summed E-state index contributed by atoms with van der Waals surface area (Å²) in [5.41, 5.74) is 1.04. The first-order chi connectivity index (χ1) is 8.06. The van der Waals surface area contributed by atoms with Crippen LogP contribution in [0.5, 0.6) is 0 Å². The zero-order valence-corrected chi connectivity index (χ0v) is 11.1. The molecule has 1 aromatic carbocycles. The average molecular weight is 256 g/mol. The lowest BCUT2D eigenvalue weighted by molar-refractivity contribution is 0.438. The molecule has 1 N–H and O–H groups in total. The first-order valence-corrected chi connectivity index (χ1v) is 6.65. The molecule has 0 amide bonds. The number of halogens is 2. The van der Waals surface area contributed by atoms with E-state index in [0.29, 0.717) is 6.04 Å². The van der Waals surface area contributed by atoms with Crippen LogP contribution in [0.25, 0.3) is 0 Å². The molecule has 3 heteroatoms. The summed E-state index contributed by atoms with van der Waals surface area (Å²) in [5, 5.41) is 3.73. The molecular weight excluding hydrogens is 237 g/mol. The van der Waals surface area contributed by atoms with Gasteiger partial charge >= 0.3 is 0 Å². The van der Waals surface area contributed by atoms with Crippen molar-refractivity contribution >= 4 is 11.6 Å². The van der Waals surface area contributed by atoms with Crippen LogP contribution < -0.4 is 5.32 Å². The van der Waals surface area contributed by atoms with E-state index in [2.05, 4.69) is 19.2 Å². The van der Waals surface area contributed by atoms with Gasteiger partial charge in [-0.15, -0.1) is 0 Å². The van der Waals surface area contributed by atoms with Gasteiger partial charge in [0.1, 0.15) is 5.82 Å². The van der Waals surface area contributed by atoms with Crippen LogP contribution in [-0.4, -0.2) is 6.04 Å². The van der Waals surface area contributed by atoms with Gasteiger partial charge in [0, 0.05) is 12.1 Å². The quantitative estimate of drug-likeness (QED) is 0.826. The second-order valence-corrected chi connectivity index (χ2v) is 5.55. The summed E-state index contributed by atoms with van der Waals surface area (Å²) in [7, 11) is 0. The predicted octanol–water partition coefficient (Wildman–Crippen LogP) is 4.32. The molecular formula is C14H19ClFN. The molecule has 0 heterocycles. The molecule has 1 aliphatic carbocycles. The molecule has 1 nitrogen and oxygen atoms in total. The van der Waals surface area contributed by atoms with Gasteiger partial charge in [-0.05, 0) is 43.9 Å². The Bertz CT molecular complexity index is 390. The van der Waals surface area contributed by atoms with E-state index in [1.807, 2.05) is 0 Å². The van der Waals surface area contributed by atoms with E-state index in [1.54, 1.807) is 12.1 Å². The van der Waals surface area contributed by atoms with E-state index in [1.165, 1.54) is 25.3 Å². The highest BCUT2D eigenvalue weighted by atomic mass is 35.5. The summed E-state index contributed by atoms with van der Waals surface area (Å²) < 4.78 is 13.1. The van der Waals surface area contributed by atoms with Crippen LogP contribution in [0.1, 0.15) is 44.7 Å². The Morgan fingerprint density at radius 1 is 1.41 bits per heavy atom. The van der Waals surface area contributed by atoms with Crippen LogP contribution in [-0.2, 0) is 0 Å². The highest BCUT2D eigenvalue weighted by Gasteiger charge is 2.24. The molecule has 1 fully saturated rings. The minimum Gasteiger partial charge on any atom is -0.308 e. The SMILES string of the molecule is CC(CC1CC1)NC(C)c1ccc(F)c(Cl)c1. The van der Waals surface area contributed by atoms with E-state index in [4.69, 9.17) is 11.6 Å². The van der Waals surface area contributed by atoms with Crippen molar-refractivity contribution in [3.63, 3.8) is 0 Å². The third kappa shape index (κ3) is 3.68. The van der Waals surface area contributed by atoms with E-state index in [0.717, 1.165) is 11.5 Å². The Balaban J connectivity index is 1.93. The number of benzene rings is 1. The van der Waals surface area contributed by atoms with Crippen molar-refractivity contribution in [1.82, 2.24) is 5.32 Å². The normalized spacial score (nSPS) is 19.1. The van der Waals surface area contributed by atoms with Crippen LogP contribution >= 0.6 is 11.6 Å². The first kappa shape index (κ1) is 12.8. The molecule has 0 spiro atoms. The molecule has 0 saturated heterocycles. The van der Waals surface area contributed by atoms with E-state index in [9.17, 15) is 4.39 Å². The van der Waals surface area contributed by atoms with Crippen molar-refractivity contribution in [3.05, 3.63) is 34.6 Å². The summed E-state index contributed by atoms with van der Waals surface area (Å²) in [4.78, 5) is 0. The summed E-state index contributed by atoms with van der Waals surface area (Å²) in [6, 6.07) is 5.64. The van der Waals surface area contributed by atoms with Gasteiger partial charge in [-0.25, -0.2) is 4.39 Å². The molecule has 1 saturated carbocycles. The average Bonchev–Trinajstić information content (AvgIpc) is 3.05. The van der Waals surface area contributed by atoms with Crippen LogP contribution in [0.2, 0.25) is 5.02 Å². The van der Waals surface area contributed by atoms with E-state index >= 15 is 0 Å². The molecule has 94 valence electrons. The van der Waals surface area contributed by atoms with Gasteiger partial charge in [0.15, 0.2) is 0 Å². The number of hydrogen-bond acceptors (Lipinski definition) is 1. The van der Waals surface area contributed by atoms with Crippen LogP contribution in [0.15, 0.2) is 18.2 Å². The highest BCUT2D eigenvalue weighted by Crippen LogP contribution is 2.33. The Morgan fingerprint density at radius 3 is 2.71 bits per heavy atom. The third-order valence-electron chi connectivity index (χ3n) is 3.36. The predicted molar refractivity (Wildman–Crippen MR) is 69.8 cm³/mol. The minimum atomic E-state index is -0.353. The molecule has 2 rings (SSSR count). The first-order valence-electron chi connectivity index (χ1n) is 6.27. The number of nitrogens with one attached hydrogen (secondary N) is 1. The number of rotatable bonds is 5. The van der Waals surface area contributed by atoms with Gasteiger partial charge in [-0.3, -0.25) is 0 Å². The Kier molecular flexibility index (Phi) is 4.05. The van der Waals surface area contributed by atoms with Crippen molar-refractivity contribution < 1.29 is 4.39 Å². The standard InChI is InChI=1S/C14H19ClFN/c1-9(7-11-3-4-11)17-10(2)12-5-6-14(16)13(15)8-12/h5-6,8-11,17H,3-4,7H2,1-2H3. The topological polar surface area (TPSA) is 12.0 Å². The zero-order chi connectivity index (χ0) is 12.4. The lowest BCUT2D eigenvalue weighted by Crippen LogP contribution is -2.29. The van der Waals surface area contributed by atoms with Crippen LogP contribution in [0.4, 0.5) is 4.39 Å². The third-order valence-corrected chi connectivity index (χ3v) is 3.65. The van der Waals surface area contributed by atoms with Crippen LogP contribution in [0, 0.1) is 11.7 Å². The van der Waals surface area contributed by atoms with Gasteiger partial charge in [0.2, 0.25) is 0 Å². The zero-order valence-electron chi connectivity index (χ0n) is 10.3. The van der Waals surface area contributed by atoms with Gasteiger partial charge < -0.3 is 5.32 Å². The molecule has 1 aromatic rings. The fourth-order valence-corrected chi connectivity index (χ4v) is 2.42. The highest BCUT2D eigenvalue weighted by molar-refractivity contribution is 6.30. The van der Waals surface area contributed by atoms with Crippen molar-refractivity contribution in [2.45, 2.75) is 45.2 Å². The maximum Gasteiger partial charge on any atom is 0.141 e. The van der Waals surface area contributed by atoms with Crippen molar-refractivity contribution in [2.75, 3.05) is 0 Å². The lowest BCUT2D eigenvalue weighted by Gasteiger charge is -2.20. The van der Waals surface area contributed by atoms with Gasteiger partial charge in [0.05, 0.1) is 5.02 Å². The van der Waals surface area contributed by atoms with Gasteiger partial charge in [-0.2, -0.15) is 0 Å². The summed E-state index contributed by atoms with van der Waals surface area (Å²) in [6.45, 7) is 4.30. The van der Waals surface area contributed by atoms with Crippen LogP contribution in [0.3, 0.4) is 0 Å². The second-order valence-electron chi connectivity index (χ2n) is 5.14. The molecule has 0 bridgehead atoms. The molecule has 2 unspecified atom stereocenters. The fourth-order valence-electron chi connectivity index (χ4n) is 2.23. The monoisotopic (exact) mass is 255 g/mol. The minimum absolute atomic E-state index is 0.200. The summed E-state index contributed by atoms with van der Waals surface area (Å²) >= 11 is 5.79. The van der Waals surface area contributed by atoms with Crippen molar-refractivity contribution in [1.29, 1.82) is 0 Å². The Morgan fingerprint density at radius 2 is 2.12 bits per heavy atom. The van der Waals surface area contributed by atoms with Gasteiger partial charge in [0.25, 0.3) is 0 Å². The number of hydrogen-bond donors (Lipinski definition) is 1. The Hall–Kier alpha value is -0.600.